The Morgan fingerprint density at radius 2 is 2.05 bits per heavy atom. The maximum Gasteiger partial charge on any atom is 0.446 e. The number of carbonyl (C=O) groups is 1. The van der Waals surface area contributed by atoms with E-state index in [-0.39, 0.29) is 46.9 Å². The fourth-order valence-corrected chi connectivity index (χ4v) is 4.88. The molecule has 0 aromatic carbocycles. The van der Waals surface area contributed by atoms with Crippen LogP contribution in [0.5, 0.6) is 0 Å². The van der Waals surface area contributed by atoms with E-state index in [1.807, 2.05) is 0 Å². The molecule has 5 rings (SSSR count). The summed E-state index contributed by atoms with van der Waals surface area (Å²) in [6.07, 6.45) is 4.95. The van der Waals surface area contributed by atoms with Gasteiger partial charge in [0.15, 0.2) is 0 Å². The minimum Gasteiger partial charge on any atom is -0.377 e. The van der Waals surface area contributed by atoms with Gasteiger partial charge in [0.25, 0.3) is 5.91 Å². The monoisotopic (exact) mass is 533 g/mol. The van der Waals surface area contributed by atoms with Gasteiger partial charge in [-0.05, 0) is 62.8 Å². The van der Waals surface area contributed by atoms with Crippen LogP contribution in [-0.2, 0) is 4.74 Å². The predicted molar refractivity (Wildman–Crippen MR) is 133 cm³/mol. The van der Waals surface area contributed by atoms with Crippen LogP contribution < -0.4 is 10.6 Å². The third-order valence-corrected chi connectivity index (χ3v) is 7.14. The number of pyridine rings is 1. The van der Waals surface area contributed by atoms with E-state index < -0.39 is 5.51 Å². The SMILES string of the molecule is CN1CCC(Nc2cccc3c(SC(F)(F)F)c(C#CCNC(=O)c4cnn(C5COC5)c4)nn23)CC1. The first-order chi connectivity index (χ1) is 17.8. The van der Waals surface area contributed by atoms with E-state index >= 15 is 0 Å². The van der Waals surface area contributed by atoms with Crippen LogP contribution in [0.2, 0.25) is 0 Å². The van der Waals surface area contributed by atoms with E-state index in [4.69, 9.17) is 4.74 Å². The lowest BCUT2D eigenvalue weighted by Crippen LogP contribution is -2.37. The van der Waals surface area contributed by atoms with E-state index in [1.54, 1.807) is 29.1 Å². The number of nitrogens with zero attached hydrogens (tertiary/aromatic N) is 5. The largest absolute Gasteiger partial charge is 0.446 e. The number of halogens is 3. The molecule has 37 heavy (non-hydrogen) atoms. The number of fused-ring (bicyclic) bond motifs is 1. The van der Waals surface area contributed by atoms with Gasteiger partial charge in [0.2, 0.25) is 0 Å². The van der Waals surface area contributed by atoms with Gasteiger partial charge in [-0.2, -0.15) is 23.4 Å². The minimum atomic E-state index is -4.50. The summed E-state index contributed by atoms with van der Waals surface area (Å²) >= 11 is -0.236. The van der Waals surface area contributed by atoms with Crippen molar-refractivity contribution < 1.29 is 22.7 Å². The molecule has 0 radical (unpaired) electrons. The predicted octanol–water partition coefficient (Wildman–Crippen LogP) is 3.00. The molecule has 3 aromatic rings. The molecule has 0 spiro atoms. The van der Waals surface area contributed by atoms with Crippen LogP contribution in [0.3, 0.4) is 0 Å². The number of rotatable bonds is 6. The second-order valence-electron chi connectivity index (χ2n) is 9.04. The van der Waals surface area contributed by atoms with E-state index in [0.29, 0.717) is 30.1 Å². The number of aromatic nitrogens is 4. The summed E-state index contributed by atoms with van der Waals surface area (Å²) in [7, 11) is 2.07. The van der Waals surface area contributed by atoms with Crippen LogP contribution in [0.1, 0.15) is 34.9 Å². The zero-order valence-electron chi connectivity index (χ0n) is 20.1. The van der Waals surface area contributed by atoms with Gasteiger partial charge in [-0.3, -0.25) is 9.48 Å². The van der Waals surface area contributed by atoms with Crippen LogP contribution in [-0.4, -0.2) is 81.6 Å². The first kappa shape index (κ1) is 25.4. The number of amides is 1. The van der Waals surface area contributed by atoms with Gasteiger partial charge >= 0.3 is 5.51 Å². The van der Waals surface area contributed by atoms with Gasteiger partial charge < -0.3 is 20.3 Å². The van der Waals surface area contributed by atoms with Gasteiger partial charge in [0.1, 0.15) is 11.5 Å². The summed E-state index contributed by atoms with van der Waals surface area (Å²) in [5.74, 6) is 5.70. The number of hydrogen-bond acceptors (Lipinski definition) is 7. The highest BCUT2D eigenvalue weighted by atomic mass is 32.2. The number of likely N-dealkylation sites (tertiary alicyclic amines) is 1. The van der Waals surface area contributed by atoms with Crippen LogP contribution in [0.15, 0.2) is 35.5 Å². The van der Waals surface area contributed by atoms with E-state index in [0.717, 1.165) is 25.9 Å². The Kier molecular flexibility index (Phi) is 7.32. The molecule has 0 saturated carbocycles. The lowest BCUT2D eigenvalue weighted by molar-refractivity contribution is -0.0328. The minimum absolute atomic E-state index is 0.00649. The number of hydrogen-bond donors (Lipinski definition) is 2. The Morgan fingerprint density at radius 3 is 2.76 bits per heavy atom. The standard InChI is InChI=1S/C24H26F3N7O2S/c1-32-10-7-17(8-11-32)30-21-6-2-5-20-22(37-24(25,26)27)19(31-34(20)21)4-3-9-28-23(35)16-12-29-33(13-16)18-14-36-15-18/h2,5-6,12-13,17-18,30H,7-11,14-15H2,1H3,(H,28,35). The number of thioether (sulfide) groups is 1. The summed E-state index contributed by atoms with van der Waals surface area (Å²) in [4.78, 5) is 14.6. The average molecular weight is 534 g/mol. The molecular weight excluding hydrogens is 507 g/mol. The van der Waals surface area contributed by atoms with Crippen molar-refractivity contribution in [2.45, 2.75) is 35.3 Å². The van der Waals surface area contributed by atoms with Crippen molar-refractivity contribution in [1.29, 1.82) is 0 Å². The fourth-order valence-electron chi connectivity index (χ4n) is 4.20. The van der Waals surface area contributed by atoms with Gasteiger partial charge in [0.05, 0.1) is 48.0 Å². The molecular formula is C24H26F3N7O2S. The second-order valence-corrected chi connectivity index (χ2v) is 10.1. The molecule has 2 saturated heterocycles. The molecule has 13 heteroatoms. The summed E-state index contributed by atoms with van der Waals surface area (Å²) in [6.45, 7) is 2.95. The van der Waals surface area contributed by atoms with Crippen molar-refractivity contribution in [2.24, 2.45) is 0 Å². The second kappa shape index (κ2) is 10.6. The Labute approximate surface area is 215 Å². The molecule has 0 bridgehead atoms. The molecule has 196 valence electrons. The van der Waals surface area contributed by atoms with E-state index in [2.05, 4.69) is 44.6 Å². The van der Waals surface area contributed by atoms with Crippen molar-refractivity contribution in [1.82, 2.24) is 29.6 Å². The zero-order valence-corrected chi connectivity index (χ0v) is 20.9. The number of anilines is 1. The Balaban J connectivity index is 1.32. The maximum atomic E-state index is 13.4. The number of ether oxygens (including phenoxy) is 1. The lowest BCUT2D eigenvalue weighted by Gasteiger charge is -2.30. The lowest BCUT2D eigenvalue weighted by atomic mass is 10.1. The molecule has 2 aliphatic rings. The van der Waals surface area contributed by atoms with Gasteiger partial charge in [-0.1, -0.05) is 12.0 Å². The zero-order chi connectivity index (χ0) is 26.0. The molecule has 1 amide bonds. The summed E-state index contributed by atoms with van der Waals surface area (Å²) in [6, 6.07) is 5.43. The van der Waals surface area contributed by atoms with E-state index in [9.17, 15) is 18.0 Å². The molecule has 3 aromatic heterocycles. The molecule has 2 aliphatic heterocycles. The quantitative estimate of drug-likeness (QED) is 0.372. The summed E-state index contributed by atoms with van der Waals surface area (Å²) < 4.78 is 48.5. The summed E-state index contributed by atoms with van der Waals surface area (Å²) in [5, 5.41) is 14.6. The average Bonchev–Trinajstić information content (AvgIpc) is 3.42. The van der Waals surface area contributed by atoms with Gasteiger partial charge in [-0.25, -0.2) is 4.52 Å². The van der Waals surface area contributed by atoms with Crippen LogP contribution >= 0.6 is 11.8 Å². The van der Waals surface area contributed by atoms with Crippen molar-refractivity contribution in [3.63, 3.8) is 0 Å². The number of alkyl halides is 3. The first-order valence-electron chi connectivity index (χ1n) is 11.9. The van der Waals surface area contributed by atoms with E-state index in [1.165, 1.54) is 10.7 Å². The van der Waals surface area contributed by atoms with Crippen LogP contribution in [0.25, 0.3) is 5.52 Å². The molecule has 0 unspecified atom stereocenters. The highest BCUT2D eigenvalue weighted by Crippen LogP contribution is 2.41. The van der Waals surface area contributed by atoms with Crippen molar-refractivity contribution >= 4 is 29.0 Å². The Bertz CT molecular complexity index is 1330. The summed E-state index contributed by atoms with van der Waals surface area (Å²) in [5.41, 5.74) is -3.80. The smallest absolute Gasteiger partial charge is 0.377 e. The fraction of sp³-hybridized carbons (Fsp3) is 0.458. The highest BCUT2D eigenvalue weighted by molar-refractivity contribution is 8.00. The third-order valence-electron chi connectivity index (χ3n) is 6.30. The number of carbonyl (C=O) groups excluding carboxylic acids is 1. The molecule has 2 N–H and O–H groups in total. The van der Waals surface area contributed by atoms with Crippen LogP contribution in [0.4, 0.5) is 19.0 Å². The van der Waals surface area contributed by atoms with Crippen molar-refractivity contribution in [2.75, 3.05) is 45.2 Å². The topological polar surface area (TPSA) is 88.7 Å². The Morgan fingerprint density at radius 1 is 1.27 bits per heavy atom. The van der Waals surface area contributed by atoms with Crippen LogP contribution in [0, 0.1) is 11.8 Å². The van der Waals surface area contributed by atoms with Crippen molar-refractivity contribution in [3.05, 3.63) is 41.9 Å². The molecule has 5 heterocycles. The maximum absolute atomic E-state index is 13.4. The number of piperidine rings is 1. The molecule has 0 atom stereocenters. The van der Waals surface area contributed by atoms with Crippen molar-refractivity contribution in [3.8, 4) is 11.8 Å². The molecule has 0 aliphatic carbocycles. The number of nitrogens with one attached hydrogen (secondary N) is 2. The molecule has 9 nitrogen and oxygen atoms in total. The van der Waals surface area contributed by atoms with Gasteiger partial charge in [0, 0.05) is 12.2 Å². The normalized spacial score (nSPS) is 17.3. The third kappa shape index (κ3) is 6.03. The first-order valence-corrected chi connectivity index (χ1v) is 12.7. The Hall–Kier alpha value is -3.21. The molecule has 2 fully saturated rings. The highest BCUT2D eigenvalue weighted by Gasteiger charge is 2.33. The van der Waals surface area contributed by atoms with Gasteiger partial charge in [-0.15, -0.1) is 0 Å².